The first-order valence-corrected chi connectivity index (χ1v) is 12.8. The van der Waals surface area contributed by atoms with Gasteiger partial charge in [0, 0.05) is 23.5 Å². The van der Waals surface area contributed by atoms with Crippen LogP contribution in [0.1, 0.15) is 55.7 Å². The highest BCUT2D eigenvalue weighted by atomic mass is 19.3. The highest BCUT2D eigenvalue weighted by Crippen LogP contribution is 2.76. The Morgan fingerprint density at radius 2 is 1.71 bits per heavy atom. The molecule has 38 heavy (non-hydrogen) atoms. The molecule has 0 spiro atoms. The van der Waals surface area contributed by atoms with Gasteiger partial charge in [-0.05, 0) is 61.9 Å². The number of carbonyl (C=O) groups excluding carboxylic acids is 2. The summed E-state index contributed by atoms with van der Waals surface area (Å²) in [6, 6.07) is 9.78. The Labute approximate surface area is 217 Å². The first-order valence-electron chi connectivity index (χ1n) is 12.8. The van der Waals surface area contributed by atoms with E-state index in [2.05, 4.69) is 14.8 Å². The van der Waals surface area contributed by atoms with Gasteiger partial charge in [-0.3, -0.25) is 9.59 Å². The predicted molar refractivity (Wildman–Crippen MR) is 127 cm³/mol. The van der Waals surface area contributed by atoms with Crippen LogP contribution in [0.5, 0.6) is 23.0 Å². The Kier molecular flexibility index (Phi) is 4.66. The first kappa shape index (κ1) is 23.5. The third-order valence-electron chi connectivity index (χ3n) is 9.13. The van der Waals surface area contributed by atoms with Gasteiger partial charge in [-0.1, -0.05) is 6.07 Å². The second kappa shape index (κ2) is 7.51. The van der Waals surface area contributed by atoms with Gasteiger partial charge < -0.3 is 29.0 Å². The minimum absolute atomic E-state index is 0.0478. The summed E-state index contributed by atoms with van der Waals surface area (Å²) in [6.07, 6.45) is 0.00358. The Hall–Kier alpha value is -3.56. The summed E-state index contributed by atoms with van der Waals surface area (Å²) in [5, 5.41) is 3.24. The van der Waals surface area contributed by atoms with Crippen molar-refractivity contribution in [2.24, 2.45) is 10.8 Å². The van der Waals surface area contributed by atoms with Crippen molar-refractivity contribution < 1.29 is 42.1 Å². The molecule has 2 aromatic carbocycles. The minimum atomic E-state index is -3.71. The van der Waals surface area contributed by atoms with Crippen molar-refractivity contribution in [3.05, 3.63) is 47.5 Å². The van der Waals surface area contributed by atoms with E-state index in [0.717, 1.165) is 5.56 Å². The standard InChI is InChI=1S/C28H27F2NO7/c1-34-16-4-5-17-18(11-22(36-20(17)10-16)25-12-26(13-25,14-25)24(33)35-2)31-23(32)27(7-8-27)15-3-6-19-21(9-15)38-28(29,30)37-19/h3-6,9-10,18,22H,7-8,11-14H2,1-2H3,(H,31,32). The lowest BCUT2D eigenvalue weighted by Gasteiger charge is -2.71. The number of hydrogen-bond donors (Lipinski definition) is 1. The maximum Gasteiger partial charge on any atom is 0.586 e. The van der Waals surface area contributed by atoms with Crippen molar-refractivity contribution in [3.63, 3.8) is 0 Å². The molecule has 6 aliphatic rings. The molecule has 2 heterocycles. The molecule has 2 unspecified atom stereocenters. The number of benzene rings is 2. The minimum Gasteiger partial charge on any atom is -0.497 e. The van der Waals surface area contributed by atoms with Crippen molar-refractivity contribution >= 4 is 11.9 Å². The predicted octanol–water partition coefficient (Wildman–Crippen LogP) is 4.40. The van der Waals surface area contributed by atoms with Gasteiger partial charge in [-0.25, -0.2) is 0 Å². The summed E-state index contributed by atoms with van der Waals surface area (Å²) in [4.78, 5) is 26.0. The molecule has 1 N–H and O–H groups in total. The number of fused-ring (bicyclic) bond motifs is 2. The zero-order valence-electron chi connectivity index (χ0n) is 21.0. The van der Waals surface area contributed by atoms with Crippen LogP contribution >= 0.6 is 0 Å². The van der Waals surface area contributed by atoms with Gasteiger partial charge in [0.05, 0.1) is 31.1 Å². The number of hydrogen-bond acceptors (Lipinski definition) is 7. The van der Waals surface area contributed by atoms with Gasteiger partial charge in [0.1, 0.15) is 17.6 Å². The lowest BCUT2D eigenvalue weighted by molar-refractivity contribution is -0.286. The van der Waals surface area contributed by atoms with E-state index in [1.54, 1.807) is 13.2 Å². The third-order valence-corrected chi connectivity index (χ3v) is 9.13. The van der Waals surface area contributed by atoms with E-state index >= 15 is 0 Å². The Balaban J connectivity index is 1.14. The lowest BCUT2D eigenvalue weighted by atomic mass is 9.33. The van der Waals surface area contributed by atoms with Crippen LogP contribution in [0.25, 0.3) is 0 Å². The summed E-state index contributed by atoms with van der Waals surface area (Å²) in [5.41, 5.74) is 0.123. The molecule has 200 valence electrons. The lowest BCUT2D eigenvalue weighted by Crippen LogP contribution is -2.71. The van der Waals surface area contributed by atoms with Crippen molar-refractivity contribution in [1.82, 2.24) is 5.32 Å². The molecule has 4 fully saturated rings. The fraction of sp³-hybridized carbons (Fsp3) is 0.500. The van der Waals surface area contributed by atoms with Crippen LogP contribution in [0.15, 0.2) is 36.4 Å². The number of methoxy groups -OCH3 is 2. The number of carbonyl (C=O) groups is 2. The monoisotopic (exact) mass is 527 g/mol. The van der Waals surface area contributed by atoms with Gasteiger partial charge in [0.2, 0.25) is 5.91 Å². The molecule has 2 atom stereocenters. The van der Waals surface area contributed by atoms with Gasteiger partial charge >= 0.3 is 12.3 Å². The fourth-order valence-electron chi connectivity index (χ4n) is 7.04. The van der Waals surface area contributed by atoms with Crippen LogP contribution in [0.4, 0.5) is 8.78 Å². The number of ether oxygens (including phenoxy) is 5. The summed E-state index contributed by atoms with van der Waals surface area (Å²) in [7, 11) is 3.00. The van der Waals surface area contributed by atoms with Crippen LogP contribution in [-0.4, -0.2) is 38.5 Å². The van der Waals surface area contributed by atoms with Crippen LogP contribution in [-0.2, 0) is 19.7 Å². The van der Waals surface area contributed by atoms with Gasteiger partial charge in [-0.2, -0.15) is 0 Å². The molecule has 0 saturated heterocycles. The Morgan fingerprint density at radius 1 is 0.974 bits per heavy atom. The van der Waals surface area contributed by atoms with E-state index < -0.39 is 17.1 Å². The van der Waals surface area contributed by atoms with E-state index in [1.165, 1.54) is 19.2 Å². The van der Waals surface area contributed by atoms with E-state index in [1.807, 2.05) is 18.2 Å². The van der Waals surface area contributed by atoms with Crippen molar-refractivity contribution in [2.45, 2.75) is 62.4 Å². The number of esters is 1. The Morgan fingerprint density at radius 3 is 2.39 bits per heavy atom. The zero-order valence-corrected chi connectivity index (χ0v) is 21.0. The molecule has 10 heteroatoms. The molecular formula is C28H27F2NO7. The molecule has 0 aromatic heterocycles. The number of halogens is 2. The number of alkyl halides is 2. The number of nitrogens with one attached hydrogen (secondary N) is 1. The Bertz CT molecular complexity index is 1350. The molecule has 8 rings (SSSR count). The van der Waals surface area contributed by atoms with E-state index in [9.17, 15) is 18.4 Å². The largest absolute Gasteiger partial charge is 0.586 e. The molecule has 1 amide bonds. The maximum absolute atomic E-state index is 13.7. The normalized spacial score (nSPS) is 32.0. The SMILES string of the molecule is COC(=O)C12CC(C3CC(NC(=O)C4(c5ccc6c(c5)OC(F)(F)O6)CC4)c4ccc(OC)cc4O3)(C1)C2. The second-order valence-corrected chi connectivity index (χ2v) is 11.3. The summed E-state index contributed by atoms with van der Waals surface area (Å²) in [6.45, 7) is 0. The quantitative estimate of drug-likeness (QED) is 0.557. The van der Waals surface area contributed by atoms with Crippen molar-refractivity contribution in [1.29, 1.82) is 0 Å². The molecule has 4 saturated carbocycles. The molecule has 0 radical (unpaired) electrons. The van der Waals surface area contributed by atoms with E-state index in [0.29, 0.717) is 55.6 Å². The summed E-state index contributed by atoms with van der Waals surface area (Å²) >= 11 is 0. The molecule has 2 aromatic rings. The van der Waals surface area contributed by atoms with Crippen molar-refractivity contribution in [2.75, 3.05) is 14.2 Å². The molecule has 2 aliphatic heterocycles. The molecule has 2 bridgehead atoms. The second-order valence-electron chi connectivity index (χ2n) is 11.3. The number of amides is 1. The van der Waals surface area contributed by atoms with Crippen LogP contribution in [0.2, 0.25) is 0 Å². The third kappa shape index (κ3) is 3.24. The zero-order chi connectivity index (χ0) is 26.5. The highest BCUT2D eigenvalue weighted by Gasteiger charge is 2.75. The summed E-state index contributed by atoms with van der Waals surface area (Å²) in [5.74, 6) is 0.844. The smallest absolute Gasteiger partial charge is 0.497 e. The van der Waals surface area contributed by atoms with E-state index in [4.69, 9.17) is 14.2 Å². The van der Waals surface area contributed by atoms with Crippen molar-refractivity contribution in [3.8, 4) is 23.0 Å². The van der Waals surface area contributed by atoms with Crippen LogP contribution < -0.4 is 24.3 Å². The summed E-state index contributed by atoms with van der Waals surface area (Å²) < 4.78 is 53.0. The highest BCUT2D eigenvalue weighted by molar-refractivity contribution is 5.92. The molecule has 8 nitrogen and oxygen atoms in total. The first-order chi connectivity index (χ1) is 18.1. The van der Waals surface area contributed by atoms with Crippen LogP contribution in [0.3, 0.4) is 0 Å². The van der Waals surface area contributed by atoms with Gasteiger partial charge in [0.15, 0.2) is 11.5 Å². The van der Waals surface area contributed by atoms with Crippen LogP contribution in [0, 0.1) is 10.8 Å². The van der Waals surface area contributed by atoms with Gasteiger partial charge in [-0.15, -0.1) is 8.78 Å². The molecular weight excluding hydrogens is 500 g/mol. The average molecular weight is 528 g/mol. The average Bonchev–Trinajstić information content (AvgIpc) is 3.58. The number of rotatable bonds is 6. The van der Waals surface area contributed by atoms with Gasteiger partial charge in [0.25, 0.3) is 0 Å². The fourth-order valence-corrected chi connectivity index (χ4v) is 7.04. The molecule has 4 aliphatic carbocycles. The maximum atomic E-state index is 13.7. The topological polar surface area (TPSA) is 92.3 Å². The van der Waals surface area contributed by atoms with E-state index in [-0.39, 0.29) is 40.9 Å².